The summed E-state index contributed by atoms with van der Waals surface area (Å²) in [7, 11) is 0. The second-order valence-corrected chi connectivity index (χ2v) is 5.20. The molecule has 3 rings (SSSR count). The number of carbonyl (C=O) groups is 1. The minimum absolute atomic E-state index is 0.155. The number of H-pyrrole nitrogens is 1. The van der Waals surface area contributed by atoms with Crippen LogP contribution in [0.25, 0.3) is 11.1 Å². The Morgan fingerprint density at radius 2 is 2.12 bits per heavy atom. The van der Waals surface area contributed by atoms with Crippen LogP contribution in [0.3, 0.4) is 0 Å². The van der Waals surface area contributed by atoms with E-state index in [2.05, 4.69) is 20.5 Å². The van der Waals surface area contributed by atoms with Crippen molar-refractivity contribution in [3.63, 3.8) is 0 Å². The molecule has 1 amide bonds. The van der Waals surface area contributed by atoms with E-state index in [0.717, 1.165) is 4.57 Å². The molecule has 8 nitrogen and oxygen atoms in total. The van der Waals surface area contributed by atoms with E-state index in [0.29, 0.717) is 11.1 Å². The topological polar surface area (TPSA) is 106 Å². The monoisotopic (exact) mass is 355 g/mol. The maximum Gasteiger partial charge on any atom is 0.453 e. The SMILES string of the molecule is CC(C(=O)NCc1nc(C(F)(F)F)n[nH]1)n1c(=O)oc2ccccc21. The summed E-state index contributed by atoms with van der Waals surface area (Å²) in [5.41, 5.74) is 0.770. The molecule has 0 aliphatic rings. The molecule has 0 spiro atoms. The standard InChI is InChI=1S/C14H12F3N5O3/c1-7(22-8-4-2-3-5-9(8)25-13(22)24)11(23)18-6-10-19-12(21-20-10)14(15,16)17/h2-5,7H,6H2,1H3,(H,18,23)(H,19,20,21). The number of nitrogens with zero attached hydrogens (tertiary/aromatic N) is 3. The molecule has 2 N–H and O–H groups in total. The summed E-state index contributed by atoms with van der Waals surface area (Å²) >= 11 is 0. The molecule has 25 heavy (non-hydrogen) atoms. The van der Waals surface area contributed by atoms with Gasteiger partial charge in [0.25, 0.3) is 5.82 Å². The van der Waals surface area contributed by atoms with Crippen LogP contribution in [0.15, 0.2) is 33.5 Å². The molecule has 2 aromatic heterocycles. The van der Waals surface area contributed by atoms with Crippen LogP contribution in [0.2, 0.25) is 0 Å². The fourth-order valence-corrected chi connectivity index (χ4v) is 2.29. The fraction of sp³-hybridized carbons (Fsp3) is 0.286. The van der Waals surface area contributed by atoms with E-state index in [4.69, 9.17) is 4.42 Å². The number of para-hydroxylation sites is 2. The number of halogens is 3. The van der Waals surface area contributed by atoms with E-state index < -0.39 is 29.7 Å². The Labute approximate surface area is 137 Å². The van der Waals surface area contributed by atoms with Gasteiger partial charge in [0, 0.05) is 0 Å². The molecular weight excluding hydrogens is 343 g/mol. The van der Waals surface area contributed by atoms with Crippen LogP contribution < -0.4 is 11.1 Å². The van der Waals surface area contributed by atoms with Crippen LogP contribution in [0.5, 0.6) is 0 Å². The molecule has 0 aliphatic heterocycles. The zero-order valence-corrected chi connectivity index (χ0v) is 12.8. The minimum Gasteiger partial charge on any atom is -0.408 e. The number of benzene rings is 1. The largest absolute Gasteiger partial charge is 0.453 e. The molecule has 1 atom stereocenters. The lowest BCUT2D eigenvalue weighted by molar-refractivity contribution is -0.144. The summed E-state index contributed by atoms with van der Waals surface area (Å²) in [5.74, 6) is -2.76. The molecule has 0 radical (unpaired) electrons. The van der Waals surface area contributed by atoms with Gasteiger partial charge in [-0.3, -0.25) is 14.5 Å². The predicted octanol–water partition coefficient (Wildman–Crippen LogP) is 1.61. The number of oxazole rings is 1. The zero-order chi connectivity index (χ0) is 18.2. The third-order valence-corrected chi connectivity index (χ3v) is 3.50. The molecule has 0 saturated heterocycles. The Bertz CT molecular complexity index is 972. The molecule has 1 aromatic carbocycles. The Hall–Kier alpha value is -3.11. The molecule has 3 aromatic rings. The van der Waals surface area contributed by atoms with Crippen molar-refractivity contribution in [2.45, 2.75) is 25.7 Å². The third kappa shape index (κ3) is 3.25. The lowest BCUT2D eigenvalue weighted by Crippen LogP contribution is -2.34. The minimum atomic E-state index is -4.67. The van der Waals surface area contributed by atoms with Crippen molar-refractivity contribution in [1.82, 2.24) is 25.1 Å². The van der Waals surface area contributed by atoms with Crippen LogP contribution in [0.1, 0.15) is 24.6 Å². The number of aromatic amines is 1. The van der Waals surface area contributed by atoms with Gasteiger partial charge in [-0.25, -0.2) is 9.78 Å². The number of nitrogens with one attached hydrogen (secondary N) is 2. The van der Waals surface area contributed by atoms with E-state index in [1.165, 1.54) is 6.92 Å². The molecule has 0 saturated carbocycles. The van der Waals surface area contributed by atoms with Gasteiger partial charge in [-0.15, -0.1) is 5.10 Å². The lowest BCUT2D eigenvalue weighted by atomic mass is 10.2. The van der Waals surface area contributed by atoms with E-state index >= 15 is 0 Å². The molecule has 2 heterocycles. The van der Waals surface area contributed by atoms with Gasteiger partial charge in [-0.1, -0.05) is 12.1 Å². The van der Waals surface area contributed by atoms with Gasteiger partial charge in [-0.2, -0.15) is 13.2 Å². The normalized spacial score (nSPS) is 13.1. The maximum atomic E-state index is 12.4. The first-order chi connectivity index (χ1) is 11.8. The van der Waals surface area contributed by atoms with E-state index in [-0.39, 0.29) is 12.4 Å². The Morgan fingerprint density at radius 3 is 2.80 bits per heavy atom. The first kappa shape index (κ1) is 16.7. The summed E-state index contributed by atoms with van der Waals surface area (Å²) in [5, 5.41) is 7.53. The summed E-state index contributed by atoms with van der Waals surface area (Å²) in [6.07, 6.45) is -4.67. The van der Waals surface area contributed by atoms with Crippen molar-refractivity contribution in [2.24, 2.45) is 0 Å². The van der Waals surface area contributed by atoms with Crippen LogP contribution in [0, 0.1) is 0 Å². The Morgan fingerprint density at radius 1 is 1.40 bits per heavy atom. The highest BCUT2D eigenvalue weighted by atomic mass is 19.4. The fourth-order valence-electron chi connectivity index (χ4n) is 2.29. The van der Waals surface area contributed by atoms with Crippen molar-refractivity contribution < 1.29 is 22.4 Å². The highest BCUT2D eigenvalue weighted by Gasteiger charge is 2.36. The third-order valence-electron chi connectivity index (χ3n) is 3.50. The second-order valence-electron chi connectivity index (χ2n) is 5.20. The highest BCUT2D eigenvalue weighted by molar-refractivity contribution is 5.82. The predicted molar refractivity (Wildman–Crippen MR) is 78.4 cm³/mol. The molecule has 0 aliphatic carbocycles. The highest BCUT2D eigenvalue weighted by Crippen LogP contribution is 2.25. The van der Waals surface area contributed by atoms with Crippen molar-refractivity contribution in [1.29, 1.82) is 0 Å². The lowest BCUT2D eigenvalue weighted by Gasteiger charge is -2.12. The Balaban J connectivity index is 1.74. The molecule has 1 unspecified atom stereocenters. The maximum absolute atomic E-state index is 12.4. The molecule has 11 heteroatoms. The molecule has 132 valence electrons. The smallest absolute Gasteiger partial charge is 0.408 e. The molecule has 0 fully saturated rings. The number of carbonyl (C=O) groups excluding carboxylic acids is 1. The summed E-state index contributed by atoms with van der Waals surface area (Å²) < 4.78 is 43.5. The van der Waals surface area contributed by atoms with Gasteiger partial charge < -0.3 is 9.73 Å². The number of aromatic nitrogens is 4. The number of fused-ring (bicyclic) bond motifs is 1. The molecular formula is C14H12F3N5O3. The van der Waals surface area contributed by atoms with Crippen molar-refractivity contribution >= 4 is 17.0 Å². The van der Waals surface area contributed by atoms with Gasteiger partial charge in [0.05, 0.1) is 12.1 Å². The van der Waals surface area contributed by atoms with Crippen molar-refractivity contribution in [2.75, 3.05) is 0 Å². The second kappa shape index (κ2) is 6.07. The van der Waals surface area contributed by atoms with Gasteiger partial charge in [0.1, 0.15) is 11.9 Å². The van der Waals surface area contributed by atoms with Crippen LogP contribution in [0.4, 0.5) is 13.2 Å². The van der Waals surface area contributed by atoms with Crippen LogP contribution in [-0.2, 0) is 17.5 Å². The van der Waals surface area contributed by atoms with Crippen molar-refractivity contribution in [3.05, 3.63) is 46.5 Å². The number of alkyl halides is 3. The summed E-state index contributed by atoms with van der Waals surface area (Å²) in [6, 6.07) is 5.65. The summed E-state index contributed by atoms with van der Waals surface area (Å²) in [6.45, 7) is 1.18. The van der Waals surface area contributed by atoms with Crippen LogP contribution in [-0.4, -0.2) is 25.7 Å². The van der Waals surface area contributed by atoms with Gasteiger partial charge in [0.2, 0.25) is 5.91 Å². The Kier molecular flexibility index (Phi) is 4.07. The first-order valence-corrected chi connectivity index (χ1v) is 7.13. The van der Waals surface area contributed by atoms with E-state index in [9.17, 15) is 22.8 Å². The number of rotatable bonds is 4. The average molecular weight is 355 g/mol. The number of hydrogen-bond acceptors (Lipinski definition) is 5. The quantitative estimate of drug-likeness (QED) is 0.740. The van der Waals surface area contributed by atoms with Gasteiger partial charge in [0.15, 0.2) is 5.58 Å². The average Bonchev–Trinajstić information content (AvgIpc) is 3.15. The van der Waals surface area contributed by atoms with Crippen molar-refractivity contribution in [3.8, 4) is 0 Å². The van der Waals surface area contributed by atoms with E-state index in [1.54, 1.807) is 24.3 Å². The summed E-state index contributed by atoms with van der Waals surface area (Å²) in [4.78, 5) is 27.4. The number of amides is 1. The van der Waals surface area contributed by atoms with Crippen LogP contribution >= 0.6 is 0 Å². The van der Waals surface area contributed by atoms with E-state index in [1.807, 2.05) is 0 Å². The number of hydrogen-bond donors (Lipinski definition) is 2. The van der Waals surface area contributed by atoms with Gasteiger partial charge >= 0.3 is 11.9 Å². The zero-order valence-electron chi connectivity index (χ0n) is 12.8. The van der Waals surface area contributed by atoms with Gasteiger partial charge in [-0.05, 0) is 19.1 Å². The molecule has 0 bridgehead atoms. The first-order valence-electron chi connectivity index (χ1n) is 7.13.